The van der Waals surface area contributed by atoms with Crippen molar-refractivity contribution in [2.45, 2.75) is 18.9 Å². The second-order valence-electron chi connectivity index (χ2n) is 4.50. The average molecular weight is 287 g/mol. The zero-order chi connectivity index (χ0) is 13.1. The van der Waals surface area contributed by atoms with E-state index in [1.807, 2.05) is 11.9 Å². The van der Waals surface area contributed by atoms with Crippen LogP contribution in [0, 0.1) is 0 Å². The van der Waals surface area contributed by atoms with Gasteiger partial charge in [-0.25, -0.2) is 0 Å². The number of carbonyl (C=O) groups excluding carboxylic acids is 1. The lowest BCUT2D eigenvalue weighted by molar-refractivity contribution is 0.0698. The van der Waals surface area contributed by atoms with E-state index in [1.165, 1.54) is 0 Å². The van der Waals surface area contributed by atoms with Crippen LogP contribution in [0.4, 0.5) is 0 Å². The number of amides is 1. The first-order chi connectivity index (χ1) is 8.61. The molecule has 1 saturated heterocycles. The molecule has 1 fully saturated rings. The van der Waals surface area contributed by atoms with Gasteiger partial charge in [-0.1, -0.05) is 23.2 Å². The Labute approximate surface area is 117 Å². The van der Waals surface area contributed by atoms with Crippen LogP contribution < -0.4 is 5.32 Å². The molecule has 5 heteroatoms. The first kappa shape index (κ1) is 13.7. The molecule has 1 aliphatic heterocycles. The van der Waals surface area contributed by atoms with Gasteiger partial charge in [0.05, 0.1) is 10.6 Å². The van der Waals surface area contributed by atoms with E-state index in [0.717, 1.165) is 25.9 Å². The molecule has 0 spiro atoms. The number of carbonyl (C=O) groups is 1. The van der Waals surface area contributed by atoms with Crippen molar-refractivity contribution in [3.63, 3.8) is 0 Å². The summed E-state index contributed by atoms with van der Waals surface area (Å²) in [6, 6.07) is 5.35. The summed E-state index contributed by atoms with van der Waals surface area (Å²) >= 11 is 12.0. The molecular formula is C13H16Cl2N2O. The number of benzene rings is 1. The number of likely N-dealkylation sites (N-methyl/N-ethyl adjacent to an activating group) is 1. The predicted molar refractivity (Wildman–Crippen MR) is 74.4 cm³/mol. The Kier molecular flexibility index (Phi) is 4.49. The van der Waals surface area contributed by atoms with Crippen LogP contribution in [0.25, 0.3) is 0 Å². The Balaban J connectivity index is 2.17. The van der Waals surface area contributed by atoms with Gasteiger partial charge in [0.1, 0.15) is 0 Å². The van der Waals surface area contributed by atoms with Crippen LogP contribution >= 0.6 is 23.2 Å². The first-order valence-electron chi connectivity index (χ1n) is 6.03. The van der Waals surface area contributed by atoms with Crippen molar-refractivity contribution >= 4 is 29.1 Å². The van der Waals surface area contributed by atoms with E-state index in [1.54, 1.807) is 18.2 Å². The van der Waals surface area contributed by atoms with Crippen molar-refractivity contribution in [2.75, 3.05) is 20.1 Å². The number of nitrogens with one attached hydrogen (secondary N) is 1. The largest absolute Gasteiger partial charge is 0.337 e. The Hall–Kier alpha value is -0.770. The number of hydrogen-bond donors (Lipinski definition) is 1. The zero-order valence-electron chi connectivity index (χ0n) is 10.2. The van der Waals surface area contributed by atoms with Crippen LogP contribution in [-0.2, 0) is 0 Å². The summed E-state index contributed by atoms with van der Waals surface area (Å²) in [6.45, 7) is 1.50. The summed E-state index contributed by atoms with van der Waals surface area (Å²) in [7, 11) is 1.92. The minimum Gasteiger partial charge on any atom is -0.337 e. The van der Waals surface area contributed by atoms with Crippen molar-refractivity contribution in [3.8, 4) is 0 Å². The quantitative estimate of drug-likeness (QED) is 0.907. The SMILES string of the molecule is CN[C@H]1CCCN(C(=O)c2cc(Cl)ccc2Cl)C1. The Bertz CT molecular complexity index is 451. The minimum atomic E-state index is -0.0394. The maximum atomic E-state index is 12.4. The first-order valence-corrected chi connectivity index (χ1v) is 6.79. The van der Waals surface area contributed by atoms with Gasteiger partial charge in [-0.2, -0.15) is 0 Å². The highest BCUT2D eigenvalue weighted by atomic mass is 35.5. The monoisotopic (exact) mass is 286 g/mol. The van der Waals surface area contributed by atoms with E-state index >= 15 is 0 Å². The number of rotatable bonds is 2. The molecular weight excluding hydrogens is 271 g/mol. The highest BCUT2D eigenvalue weighted by Crippen LogP contribution is 2.23. The summed E-state index contributed by atoms with van der Waals surface area (Å²) in [6.07, 6.45) is 2.11. The van der Waals surface area contributed by atoms with Crippen molar-refractivity contribution < 1.29 is 4.79 Å². The Morgan fingerprint density at radius 1 is 1.44 bits per heavy atom. The maximum absolute atomic E-state index is 12.4. The smallest absolute Gasteiger partial charge is 0.255 e. The molecule has 0 saturated carbocycles. The van der Waals surface area contributed by atoms with Gasteiger partial charge in [0.25, 0.3) is 5.91 Å². The molecule has 1 heterocycles. The van der Waals surface area contributed by atoms with Crippen LogP contribution in [0.2, 0.25) is 10.0 Å². The third-order valence-electron chi connectivity index (χ3n) is 3.28. The summed E-state index contributed by atoms with van der Waals surface area (Å²) in [5, 5.41) is 4.20. The highest BCUT2D eigenvalue weighted by Gasteiger charge is 2.24. The minimum absolute atomic E-state index is 0.0394. The molecule has 0 aliphatic carbocycles. The Morgan fingerprint density at radius 3 is 2.94 bits per heavy atom. The van der Waals surface area contributed by atoms with Crippen LogP contribution in [0.3, 0.4) is 0 Å². The van der Waals surface area contributed by atoms with Crippen molar-refractivity contribution in [3.05, 3.63) is 33.8 Å². The molecule has 0 radical (unpaired) electrons. The van der Waals surface area contributed by atoms with Gasteiger partial charge in [-0.3, -0.25) is 4.79 Å². The van der Waals surface area contributed by atoms with Gasteiger partial charge < -0.3 is 10.2 Å². The number of halogens is 2. The molecule has 0 aromatic heterocycles. The van der Waals surface area contributed by atoms with Crippen molar-refractivity contribution in [1.82, 2.24) is 10.2 Å². The van der Waals surface area contributed by atoms with Gasteiger partial charge in [0.15, 0.2) is 0 Å². The molecule has 2 rings (SSSR count). The van der Waals surface area contributed by atoms with Gasteiger partial charge >= 0.3 is 0 Å². The lowest BCUT2D eigenvalue weighted by Crippen LogP contribution is -2.47. The molecule has 1 amide bonds. The van der Waals surface area contributed by atoms with E-state index < -0.39 is 0 Å². The fraction of sp³-hybridized carbons (Fsp3) is 0.462. The van der Waals surface area contributed by atoms with Crippen molar-refractivity contribution in [1.29, 1.82) is 0 Å². The third kappa shape index (κ3) is 2.97. The fourth-order valence-electron chi connectivity index (χ4n) is 2.23. The van der Waals surface area contributed by atoms with Gasteiger partial charge in [0, 0.05) is 24.2 Å². The van der Waals surface area contributed by atoms with Crippen LogP contribution in [-0.4, -0.2) is 37.0 Å². The summed E-state index contributed by atoms with van der Waals surface area (Å²) in [5.74, 6) is -0.0394. The second-order valence-corrected chi connectivity index (χ2v) is 5.35. The average Bonchev–Trinajstić information content (AvgIpc) is 2.41. The fourth-order valence-corrected chi connectivity index (χ4v) is 2.60. The third-order valence-corrected chi connectivity index (χ3v) is 3.84. The number of nitrogens with zero attached hydrogens (tertiary/aromatic N) is 1. The number of hydrogen-bond acceptors (Lipinski definition) is 2. The van der Waals surface area contributed by atoms with Gasteiger partial charge in [0.2, 0.25) is 0 Å². The molecule has 1 N–H and O–H groups in total. The molecule has 0 unspecified atom stereocenters. The van der Waals surface area contributed by atoms with Crippen LogP contribution in [0.5, 0.6) is 0 Å². The van der Waals surface area contributed by atoms with E-state index in [-0.39, 0.29) is 5.91 Å². The normalized spacial score (nSPS) is 19.9. The lowest BCUT2D eigenvalue weighted by Gasteiger charge is -2.32. The van der Waals surface area contributed by atoms with Crippen LogP contribution in [0.15, 0.2) is 18.2 Å². The molecule has 1 aromatic carbocycles. The van der Waals surface area contributed by atoms with E-state index in [2.05, 4.69) is 5.32 Å². The molecule has 3 nitrogen and oxygen atoms in total. The van der Waals surface area contributed by atoms with E-state index in [0.29, 0.717) is 21.7 Å². The maximum Gasteiger partial charge on any atom is 0.255 e. The molecule has 1 aromatic rings. The van der Waals surface area contributed by atoms with Gasteiger partial charge in [-0.15, -0.1) is 0 Å². The predicted octanol–water partition coefficient (Wildman–Crippen LogP) is 2.82. The van der Waals surface area contributed by atoms with Gasteiger partial charge in [-0.05, 0) is 38.1 Å². The standard InChI is InChI=1S/C13H16Cl2N2O/c1-16-10-3-2-6-17(8-10)13(18)11-7-9(14)4-5-12(11)15/h4-5,7,10,16H,2-3,6,8H2,1H3/t10-/m0/s1. The summed E-state index contributed by atoms with van der Waals surface area (Å²) < 4.78 is 0. The topological polar surface area (TPSA) is 32.3 Å². The molecule has 18 heavy (non-hydrogen) atoms. The van der Waals surface area contributed by atoms with E-state index in [9.17, 15) is 4.79 Å². The molecule has 1 aliphatic rings. The van der Waals surface area contributed by atoms with Crippen molar-refractivity contribution in [2.24, 2.45) is 0 Å². The lowest BCUT2D eigenvalue weighted by atomic mass is 10.0. The zero-order valence-corrected chi connectivity index (χ0v) is 11.8. The molecule has 0 bridgehead atoms. The number of piperidine rings is 1. The summed E-state index contributed by atoms with van der Waals surface area (Å²) in [4.78, 5) is 14.2. The highest BCUT2D eigenvalue weighted by molar-refractivity contribution is 6.35. The Morgan fingerprint density at radius 2 is 2.22 bits per heavy atom. The second kappa shape index (κ2) is 5.91. The summed E-state index contributed by atoms with van der Waals surface area (Å²) in [5.41, 5.74) is 0.487. The number of likely N-dealkylation sites (tertiary alicyclic amines) is 1. The molecule has 1 atom stereocenters. The van der Waals surface area contributed by atoms with Crippen LogP contribution in [0.1, 0.15) is 23.2 Å². The van der Waals surface area contributed by atoms with E-state index in [4.69, 9.17) is 23.2 Å². The molecule has 98 valence electrons.